The average molecular weight is 664 g/mol. The Kier molecular flexibility index (Phi) is 10.1. The maximum absolute atomic E-state index is 13.6. The standard InChI is InChI=1S/C32H24Cl2N4O2S3/c1-19(39)20-10-13-23(14-11-20)35-31(41)36-24-8-5-9-25(17-24)43-29(21-6-3-2-4-7-21)30(40)38-32-37-28(18-42-32)26-15-12-22(33)16-27(26)34/h2-18,29H,1H3,(H2,35,36,41)(H,37,38,40). The van der Waals surface area contributed by atoms with E-state index in [0.717, 1.165) is 27.4 Å². The van der Waals surface area contributed by atoms with Crippen LogP contribution in [0.3, 0.4) is 0 Å². The Bertz CT molecular complexity index is 1780. The first-order valence-corrected chi connectivity index (χ1v) is 15.9. The van der Waals surface area contributed by atoms with E-state index in [1.165, 1.54) is 30.0 Å². The van der Waals surface area contributed by atoms with Crippen molar-refractivity contribution in [1.29, 1.82) is 0 Å². The highest BCUT2D eigenvalue weighted by molar-refractivity contribution is 8.00. The molecule has 0 bridgehead atoms. The molecule has 0 spiro atoms. The van der Waals surface area contributed by atoms with Gasteiger partial charge in [0.05, 0.1) is 10.7 Å². The summed E-state index contributed by atoms with van der Waals surface area (Å²) >= 11 is 20.6. The Labute approximate surface area is 272 Å². The van der Waals surface area contributed by atoms with Crippen LogP contribution in [0.2, 0.25) is 10.0 Å². The van der Waals surface area contributed by atoms with Crippen LogP contribution in [-0.2, 0) is 4.79 Å². The Morgan fingerprint density at radius 2 is 1.60 bits per heavy atom. The van der Waals surface area contributed by atoms with E-state index < -0.39 is 5.25 Å². The minimum Gasteiger partial charge on any atom is -0.332 e. The lowest BCUT2D eigenvalue weighted by atomic mass is 10.1. The van der Waals surface area contributed by atoms with Crippen molar-refractivity contribution < 1.29 is 9.59 Å². The van der Waals surface area contributed by atoms with Gasteiger partial charge in [-0.3, -0.25) is 9.59 Å². The monoisotopic (exact) mass is 662 g/mol. The Hall–Kier alpha value is -3.73. The van der Waals surface area contributed by atoms with Gasteiger partial charge in [-0.15, -0.1) is 23.1 Å². The molecule has 5 rings (SSSR count). The number of nitrogens with one attached hydrogen (secondary N) is 3. The number of carbonyl (C=O) groups is 2. The van der Waals surface area contributed by atoms with Gasteiger partial charge in [0.1, 0.15) is 5.25 Å². The van der Waals surface area contributed by atoms with Gasteiger partial charge in [0.2, 0.25) is 5.91 Å². The van der Waals surface area contributed by atoms with Crippen LogP contribution in [0, 0.1) is 0 Å². The van der Waals surface area contributed by atoms with Crippen molar-refractivity contribution in [1.82, 2.24) is 4.98 Å². The number of Topliss-reactive ketones (excluding diaryl/α,β-unsaturated/α-hetero) is 1. The molecule has 0 fully saturated rings. The number of anilines is 3. The van der Waals surface area contributed by atoms with E-state index in [0.29, 0.717) is 31.5 Å². The predicted octanol–water partition coefficient (Wildman–Crippen LogP) is 9.60. The zero-order chi connectivity index (χ0) is 30.3. The van der Waals surface area contributed by atoms with Crippen molar-refractivity contribution >= 4 is 91.8 Å². The third-order valence-corrected chi connectivity index (χ3v) is 8.93. The van der Waals surface area contributed by atoms with E-state index in [1.807, 2.05) is 60.0 Å². The van der Waals surface area contributed by atoms with E-state index in [9.17, 15) is 9.59 Å². The first-order valence-electron chi connectivity index (χ1n) is 13.0. The number of hydrogen-bond donors (Lipinski definition) is 3. The molecule has 1 unspecified atom stereocenters. The number of amides is 1. The molecule has 0 aliphatic carbocycles. The molecule has 43 heavy (non-hydrogen) atoms. The number of rotatable bonds is 9. The third kappa shape index (κ3) is 8.22. The number of thioether (sulfide) groups is 1. The molecule has 0 aliphatic heterocycles. The molecule has 1 atom stereocenters. The molecule has 216 valence electrons. The average Bonchev–Trinajstić information content (AvgIpc) is 3.44. The second-order valence-corrected chi connectivity index (χ2v) is 12.6. The van der Waals surface area contributed by atoms with Crippen LogP contribution >= 0.6 is 58.5 Å². The van der Waals surface area contributed by atoms with Crippen molar-refractivity contribution in [3.05, 3.63) is 124 Å². The molecular weight excluding hydrogens is 639 g/mol. The van der Waals surface area contributed by atoms with Crippen LogP contribution in [0.4, 0.5) is 16.5 Å². The number of halogens is 2. The fourth-order valence-corrected chi connectivity index (χ4v) is 6.63. The van der Waals surface area contributed by atoms with Gasteiger partial charge >= 0.3 is 0 Å². The smallest absolute Gasteiger partial charge is 0.244 e. The molecule has 0 radical (unpaired) electrons. The van der Waals surface area contributed by atoms with Gasteiger partial charge in [0, 0.05) is 37.8 Å². The number of thiazole rings is 1. The summed E-state index contributed by atoms with van der Waals surface area (Å²) in [6.45, 7) is 1.53. The lowest BCUT2D eigenvalue weighted by Gasteiger charge is -2.17. The van der Waals surface area contributed by atoms with Gasteiger partial charge in [0.25, 0.3) is 0 Å². The van der Waals surface area contributed by atoms with E-state index in [1.54, 1.807) is 42.5 Å². The van der Waals surface area contributed by atoms with Crippen LogP contribution < -0.4 is 16.0 Å². The van der Waals surface area contributed by atoms with Gasteiger partial charge in [-0.2, -0.15) is 0 Å². The minimum atomic E-state index is -0.548. The summed E-state index contributed by atoms with van der Waals surface area (Å²) in [5.41, 5.74) is 4.40. The van der Waals surface area contributed by atoms with E-state index in [-0.39, 0.29) is 11.7 Å². The molecule has 0 aliphatic rings. The number of aromatic nitrogens is 1. The molecule has 0 saturated carbocycles. The summed E-state index contributed by atoms with van der Waals surface area (Å²) < 4.78 is 0. The molecule has 1 aromatic heterocycles. The van der Waals surface area contributed by atoms with Gasteiger partial charge in [-0.05, 0) is 85.4 Å². The lowest BCUT2D eigenvalue weighted by Crippen LogP contribution is -2.19. The summed E-state index contributed by atoms with van der Waals surface area (Å²) in [7, 11) is 0. The number of hydrogen-bond acceptors (Lipinski definition) is 6. The van der Waals surface area contributed by atoms with Crippen molar-refractivity contribution in [3.8, 4) is 11.3 Å². The fourth-order valence-electron chi connectivity index (χ4n) is 4.09. The molecule has 1 amide bonds. The highest BCUT2D eigenvalue weighted by Gasteiger charge is 2.23. The van der Waals surface area contributed by atoms with Gasteiger partial charge < -0.3 is 16.0 Å². The zero-order valence-corrected chi connectivity index (χ0v) is 26.6. The van der Waals surface area contributed by atoms with Crippen molar-refractivity contribution in [2.45, 2.75) is 17.1 Å². The van der Waals surface area contributed by atoms with Crippen LogP contribution in [0.5, 0.6) is 0 Å². The summed E-state index contributed by atoms with van der Waals surface area (Å²) in [5, 5.41) is 12.5. The van der Waals surface area contributed by atoms with Crippen LogP contribution in [0.15, 0.2) is 107 Å². The lowest BCUT2D eigenvalue weighted by molar-refractivity contribution is -0.115. The first-order chi connectivity index (χ1) is 20.7. The molecule has 4 aromatic carbocycles. The topological polar surface area (TPSA) is 83.1 Å². The third-order valence-electron chi connectivity index (χ3n) is 6.18. The SMILES string of the molecule is CC(=O)c1ccc(NC(=S)Nc2cccc(SC(C(=O)Nc3nc(-c4ccc(Cl)cc4Cl)cs3)c3ccccc3)c2)cc1. The van der Waals surface area contributed by atoms with Gasteiger partial charge in [-0.1, -0.05) is 59.6 Å². The van der Waals surface area contributed by atoms with Crippen molar-refractivity contribution in [3.63, 3.8) is 0 Å². The van der Waals surface area contributed by atoms with Crippen molar-refractivity contribution in [2.75, 3.05) is 16.0 Å². The highest BCUT2D eigenvalue weighted by atomic mass is 35.5. The van der Waals surface area contributed by atoms with Gasteiger partial charge in [-0.25, -0.2) is 4.98 Å². The molecule has 3 N–H and O–H groups in total. The predicted molar refractivity (Wildman–Crippen MR) is 184 cm³/mol. The number of nitrogens with zero attached hydrogens (tertiary/aromatic N) is 1. The summed E-state index contributed by atoms with van der Waals surface area (Å²) in [4.78, 5) is 30.6. The first kappa shape index (κ1) is 30.7. The maximum Gasteiger partial charge on any atom is 0.244 e. The maximum atomic E-state index is 13.6. The fraction of sp³-hybridized carbons (Fsp3) is 0.0625. The van der Waals surface area contributed by atoms with Gasteiger partial charge in [0.15, 0.2) is 16.0 Å². The summed E-state index contributed by atoms with van der Waals surface area (Å²) in [6, 6.07) is 29.6. The van der Waals surface area contributed by atoms with Crippen LogP contribution in [0.1, 0.15) is 28.1 Å². The molecule has 1 heterocycles. The summed E-state index contributed by atoms with van der Waals surface area (Å²) in [6.07, 6.45) is 0. The number of carbonyl (C=O) groups excluding carboxylic acids is 2. The normalized spacial score (nSPS) is 11.4. The van der Waals surface area contributed by atoms with Crippen LogP contribution in [0.25, 0.3) is 11.3 Å². The van der Waals surface area contributed by atoms with Crippen molar-refractivity contribution in [2.24, 2.45) is 0 Å². The zero-order valence-electron chi connectivity index (χ0n) is 22.6. The highest BCUT2D eigenvalue weighted by Crippen LogP contribution is 2.38. The molecule has 6 nitrogen and oxygen atoms in total. The molecule has 11 heteroatoms. The molecule has 5 aromatic rings. The van der Waals surface area contributed by atoms with E-state index in [4.69, 9.17) is 35.4 Å². The quantitative estimate of drug-likeness (QED) is 0.0823. The second kappa shape index (κ2) is 14.2. The van der Waals surface area contributed by atoms with E-state index in [2.05, 4.69) is 20.9 Å². The Balaban J connectivity index is 1.29. The molecular formula is C32H24Cl2N4O2S3. The number of benzene rings is 4. The molecule has 0 saturated heterocycles. The number of thiocarbonyl (C=S) groups is 1. The largest absolute Gasteiger partial charge is 0.332 e. The van der Waals surface area contributed by atoms with Crippen LogP contribution in [-0.4, -0.2) is 21.8 Å². The second-order valence-electron chi connectivity index (χ2n) is 9.30. The van der Waals surface area contributed by atoms with E-state index >= 15 is 0 Å². The Morgan fingerprint density at radius 1 is 0.860 bits per heavy atom. The minimum absolute atomic E-state index is 0.00306. The number of ketones is 1. The Morgan fingerprint density at radius 3 is 2.33 bits per heavy atom. The summed E-state index contributed by atoms with van der Waals surface area (Å²) in [5.74, 6) is -0.202.